The van der Waals surface area contributed by atoms with Crippen molar-refractivity contribution in [3.8, 4) is 0 Å². The molecule has 3 N–H and O–H groups in total. The summed E-state index contributed by atoms with van der Waals surface area (Å²) < 4.78 is 0. The van der Waals surface area contributed by atoms with Gasteiger partial charge in [0.05, 0.1) is 5.69 Å². The van der Waals surface area contributed by atoms with Crippen LogP contribution in [0.25, 0.3) is 0 Å². The lowest BCUT2D eigenvalue weighted by Crippen LogP contribution is -2.23. The topological polar surface area (TPSA) is 52.7 Å². The summed E-state index contributed by atoms with van der Waals surface area (Å²) in [6.07, 6.45) is 6.18. The number of hydrogen-bond donors (Lipinski definition) is 3. The Morgan fingerprint density at radius 2 is 2.29 bits per heavy atom. The summed E-state index contributed by atoms with van der Waals surface area (Å²) in [7, 11) is 0. The fourth-order valence-corrected chi connectivity index (χ4v) is 1.91. The van der Waals surface area contributed by atoms with E-state index in [1.807, 2.05) is 0 Å². The van der Waals surface area contributed by atoms with Gasteiger partial charge >= 0.3 is 0 Å². The fourth-order valence-electron chi connectivity index (χ4n) is 1.91. The molecule has 1 aliphatic carbocycles. The molecule has 1 aromatic rings. The number of nitrogens with one attached hydrogen (secondary N) is 3. The standard InChI is InChI=1S/C13H24N4/c1-2-4-12-9-13(17-16-12)10-14-7-3-8-15-11-5-6-11/h9,11,14-15H,2-8,10H2,1H3,(H,16,17). The molecule has 1 saturated carbocycles. The smallest absolute Gasteiger partial charge is 0.0625 e. The van der Waals surface area contributed by atoms with Gasteiger partial charge in [-0.3, -0.25) is 5.10 Å². The summed E-state index contributed by atoms with van der Waals surface area (Å²) in [6, 6.07) is 3.00. The van der Waals surface area contributed by atoms with Gasteiger partial charge in [0.25, 0.3) is 0 Å². The van der Waals surface area contributed by atoms with Gasteiger partial charge < -0.3 is 10.6 Å². The highest BCUT2D eigenvalue weighted by Gasteiger charge is 2.19. The molecule has 4 nitrogen and oxygen atoms in total. The van der Waals surface area contributed by atoms with Gasteiger partial charge in [-0.1, -0.05) is 13.3 Å². The molecule has 1 aliphatic rings. The van der Waals surface area contributed by atoms with E-state index in [9.17, 15) is 0 Å². The molecule has 0 saturated heterocycles. The first-order valence-electron chi connectivity index (χ1n) is 6.85. The van der Waals surface area contributed by atoms with E-state index in [1.54, 1.807) is 0 Å². The van der Waals surface area contributed by atoms with Crippen molar-refractivity contribution in [1.29, 1.82) is 0 Å². The maximum Gasteiger partial charge on any atom is 0.0625 e. The Labute approximate surface area is 104 Å². The first-order chi connectivity index (χ1) is 8.38. The lowest BCUT2D eigenvalue weighted by atomic mass is 10.2. The summed E-state index contributed by atoms with van der Waals surface area (Å²) >= 11 is 0. The van der Waals surface area contributed by atoms with E-state index >= 15 is 0 Å². The normalized spacial score (nSPS) is 15.4. The minimum Gasteiger partial charge on any atom is -0.314 e. The summed E-state index contributed by atoms with van der Waals surface area (Å²) in [4.78, 5) is 0. The van der Waals surface area contributed by atoms with Crippen molar-refractivity contribution in [2.24, 2.45) is 0 Å². The largest absolute Gasteiger partial charge is 0.314 e. The van der Waals surface area contributed by atoms with Gasteiger partial charge in [-0.25, -0.2) is 0 Å². The van der Waals surface area contributed by atoms with Gasteiger partial charge in [0.1, 0.15) is 0 Å². The van der Waals surface area contributed by atoms with E-state index in [0.717, 1.165) is 38.5 Å². The Balaban J connectivity index is 1.50. The van der Waals surface area contributed by atoms with E-state index in [2.05, 4.69) is 33.8 Å². The van der Waals surface area contributed by atoms with E-state index in [1.165, 1.54) is 30.7 Å². The molecule has 0 atom stereocenters. The highest BCUT2D eigenvalue weighted by atomic mass is 15.1. The molecule has 1 heterocycles. The molecule has 0 unspecified atom stereocenters. The van der Waals surface area contributed by atoms with E-state index in [-0.39, 0.29) is 0 Å². The lowest BCUT2D eigenvalue weighted by Gasteiger charge is -2.03. The molecule has 1 aromatic heterocycles. The Bertz CT molecular complexity index is 317. The van der Waals surface area contributed by atoms with E-state index < -0.39 is 0 Å². The summed E-state index contributed by atoms with van der Waals surface area (Å²) in [6.45, 7) is 5.29. The number of aromatic amines is 1. The SMILES string of the molecule is CCCc1cc(CNCCCNC2CC2)[nH]n1. The number of nitrogens with zero attached hydrogens (tertiary/aromatic N) is 1. The average Bonchev–Trinajstić information content (AvgIpc) is 3.05. The number of H-pyrrole nitrogens is 1. The second-order valence-corrected chi connectivity index (χ2v) is 4.89. The first-order valence-corrected chi connectivity index (χ1v) is 6.85. The van der Waals surface area contributed by atoms with Crippen molar-refractivity contribution in [3.63, 3.8) is 0 Å². The van der Waals surface area contributed by atoms with Crippen molar-refractivity contribution in [1.82, 2.24) is 20.8 Å². The number of aromatic nitrogens is 2. The molecule has 17 heavy (non-hydrogen) atoms. The molecule has 0 spiro atoms. The number of hydrogen-bond acceptors (Lipinski definition) is 3. The molecule has 96 valence electrons. The van der Waals surface area contributed by atoms with Crippen molar-refractivity contribution < 1.29 is 0 Å². The van der Waals surface area contributed by atoms with Crippen LogP contribution in [0.15, 0.2) is 6.07 Å². The summed E-state index contributed by atoms with van der Waals surface area (Å²) in [5, 5.41) is 14.3. The zero-order chi connectivity index (χ0) is 11.9. The minimum absolute atomic E-state index is 0.833. The number of aryl methyl sites for hydroxylation is 1. The highest BCUT2D eigenvalue weighted by Crippen LogP contribution is 2.18. The van der Waals surface area contributed by atoms with Gasteiger partial charge in [0, 0.05) is 18.3 Å². The third kappa shape index (κ3) is 4.88. The molecule has 0 bridgehead atoms. The lowest BCUT2D eigenvalue weighted by molar-refractivity contribution is 0.589. The molecule has 0 aliphatic heterocycles. The number of rotatable bonds is 9. The fraction of sp³-hybridized carbons (Fsp3) is 0.769. The van der Waals surface area contributed by atoms with Crippen LogP contribution in [0.2, 0.25) is 0 Å². The predicted molar refractivity (Wildman–Crippen MR) is 69.9 cm³/mol. The van der Waals surface area contributed by atoms with Crippen LogP contribution in [0.5, 0.6) is 0 Å². The van der Waals surface area contributed by atoms with Crippen LogP contribution in [0, 0.1) is 0 Å². The Kier molecular flexibility index (Phi) is 5.01. The molecular weight excluding hydrogens is 212 g/mol. The third-order valence-electron chi connectivity index (χ3n) is 3.05. The molecule has 0 radical (unpaired) electrons. The van der Waals surface area contributed by atoms with Crippen LogP contribution in [-0.4, -0.2) is 29.3 Å². The quantitative estimate of drug-likeness (QED) is 0.571. The van der Waals surface area contributed by atoms with Crippen molar-refractivity contribution in [2.45, 2.75) is 51.6 Å². The highest BCUT2D eigenvalue weighted by molar-refractivity contribution is 5.08. The zero-order valence-electron chi connectivity index (χ0n) is 10.8. The van der Waals surface area contributed by atoms with E-state index in [4.69, 9.17) is 0 Å². The molecule has 0 aromatic carbocycles. The second kappa shape index (κ2) is 6.77. The second-order valence-electron chi connectivity index (χ2n) is 4.89. The van der Waals surface area contributed by atoms with Crippen molar-refractivity contribution >= 4 is 0 Å². The van der Waals surface area contributed by atoms with Crippen LogP contribution >= 0.6 is 0 Å². The average molecular weight is 236 g/mol. The summed E-state index contributed by atoms with van der Waals surface area (Å²) in [5.41, 5.74) is 2.38. The Morgan fingerprint density at radius 3 is 3.06 bits per heavy atom. The van der Waals surface area contributed by atoms with Gasteiger partial charge in [-0.2, -0.15) is 5.10 Å². The van der Waals surface area contributed by atoms with Crippen LogP contribution in [-0.2, 0) is 13.0 Å². The van der Waals surface area contributed by atoms with Crippen molar-refractivity contribution in [2.75, 3.05) is 13.1 Å². The van der Waals surface area contributed by atoms with Crippen LogP contribution in [0.4, 0.5) is 0 Å². The van der Waals surface area contributed by atoms with Gasteiger partial charge in [-0.05, 0) is 44.8 Å². The Morgan fingerprint density at radius 1 is 1.41 bits per heavy atom. The predicted octanol–water partition coefficient (Wildman–Crippen LogP) is 1.59. The van der Waals surface area contributed by atoms with Gasteiger partial charge in [-0.15, -0.1) is 0 Å². The minimum atomic E-state index is 0.833. The van der Waals surface area contributed by atoms with E-state index in [0.29, 0.717) is 0 Å². The molecule has 1 fully saturated rings. The van der Waals surface area contributed by atoms with Gasteiger partial charge in [0.15, 0.2) is 0 Å². The molecule has 2 rings (SSSR count). The van der Waals surface area contributed by atoms with Crippen molar-refractivity contribution in [3.05, 3.63) is 17.5 Å². The first kappa shape index (κ1) is 12.6. The van der Waals surface area contributed by atoms with Gasteiger partial charge in [0.2, 0.25) is 0 Å². The maximum absolute atomic E-state index is 4.28. The molecular formula is C13H24N4. The summed E-state index contributed by atoms with van der Waals surface area (Å²) in [5.74, 6) is 0. The zero-order valence-corrected chi connectivity index (χ0v) is 10.8. The third-order valence-corrected chi connectivity index (χ3v) is 3.05. The van der Waals surface area contributed by atoms with Crippen LogP contribution in [0.3, 0.4) is 0 Å². The van der Waals surface area contributed by atoms with Crippen LogP contribution < -0.4 is 10.6 Å². The molecule has 4 heteroatoms. The van der Waals surface area contributed by atoms with Crippen LogP contribution in [0.1, 0.15) is 44.0 Å². The maximum atomic E-state index is 4.28. The monoisotopic (exact) mass is 236 g/mol. The molecule has 0 amide bonds. The Hall–Kier alpha value is -0.870.